The number of nitrogens with one attached hydrogen (secondary N) is 1. The molecule has 3 heteroatoms. The Kier molecular flexibility index (Phi) is 9.09. The van der Waals surface area contributed by atoms with E-state index in [4.69, 9.17) is 4.74 Å². The lowest BCUT2D eigenvalue weighted by atomic mass is 10.1. The van der Waals surface area contributed by atoms with Gasteiger partial charge in [-0.05, 0) is 31.4 Å². The molecular formula is C17H30N2O. The highest BCUT2D eigenvalue weighted by Crippen LogP contribution is 2.10. The minimum atomic E-state index is 0.682. The molecule has 0 aliphatic rings. The maximum atomic E-state index is 5.23. The third-order valence-corrected chi connectivity index (χ3v) is 3.77. The average Bonchev–Trinajstić information content (AvgIpc) is 2.50. The average molecular weight is 278 g/mol. The van der Waals surface area contributed by atoms with Crippen molar-refractivity contribution in [3.05, 3.63) is 30.3 Å². The molecule has 0 aromatic heterocycles. The van der Waals surface area contributed by atoms with E-state index >= 15 is 0 Å². The van der Waals surface area contributed by atoms with Gasteiger partial charge < -0.3 is 10.1 Å². The number of hydrogen-bond donors (Lipinski definition) is 1. The van der Waals surface area contributed by atoms with Crippen LogP contribution in [0.15, 0.2) is 30.3 Å². The van der Waals surface area contributed by atoms with Crippen molar-refractivity contribution in [2.45, 2.75) is 39.2 Å². The molecule has 1 aromatic rings. The van der Waals surface area contributed by atoms with Gasteiger partial charge in [-0.25, -0.2) is 0 Å². The Bertz CT molecular complexity index is 325. The van der Waals surface area contributed by atoms with Crippen LogP contribution in [-0.4, -0.2) is 44.3 Å². The summed E-state index contributed by atoms with van der Waals surface area (Å²) >= 11 is 0. The van der Waals surface area contributed by atoms with Crippen LogP contribution in [0.3, 0.4) is 0 Å². The van der Waals surface area contributed by atoms with Crippen molar-refractivity contribution in [1.29, 1.82) is 0 Å². The molecule has 0 unspecified atom stereocenters. The second-order valence-corrected chi connectivity index (χ2v) is 5.15. The summed E-state index contributed by atoms with van der Waals surface area (Å²) in [7, 11) is 1.78. The molecule has 0 saturated carbocycles. The summed E-state index contributed by atoms with van der Waals surface area (Å²) in [5.74, 6) is 0. The third kappa shape index (κ3) is 6.40. The van der Waals surface area contributed by atoms with Crippen LogP contribution in [0.5, 0.6) is 0 Å². The zero-order valence-corrected chi connectivity index (χ0v) is 13.3. The van der Waals surface area contributed by atoms with E-state index in [1.54, 1.807) is 7.11 Å². The molecule has 0 aliphatic carbocycles. The van der Waals surface area contributed by atoms with E-state index in [2.05, 4.69) is 48.3 Å². The molecule has 0 radical (unpaired) electrons. The Balaban J connectivity index is 2.30. The van der Waals surface area contributed by atoms with Crippen LogP contribution in [0.25, 0.3) is 0 Å². The first kappa shape index (κ1) is 17.0. The molecule has 0 atom stereocenters. The van der Waals surface area contributed by atoms with Crippen LogP contribution >= 0.6 is 0 Å². The topological polar surface area (TPSA) is 24.5 Å². The van der Waals surface area contributed by atoms with Crippen LogP contribution in [0.1, 0.15) is 33.1 Å². The Morgan fingerprint density at radius 1 is 1.10 bits per heavy atom. The molecule has 0 fully saturated rings. The molecule has 0 heterocycles. The van der Waals surface area contributed by atoms with Gasteiger partial charge in [0.2, 0.25) is 0 Å². The van der Waals surface area contributed by atoms with Gasteiger partial charge in [-0.2, -0.15) is 0 Å². The molecule has 1 rings (SSSR count). The van der Waals surface area contributed by atoms with E-state index < -0.39 is 0 Å². The maximum absolute atomic E-state index is 5.23. The van der Waals surface area contributed by atoms with Crippen molar-refractivity contribution in [3.8, 4) is 0 Å². The number of rotatable bonds is 11. The van der Waals surface area contributed by atoms with Crippen LogP contribution in [-0.2, 0) is 4.74 Å². The van der Waals surface area contributed by atoms with Crippen LogP contribution in [0.2, 0.25) is 0 Å². The van der Waals surface area contributed by atoms with Crippen molar-refractivity contribution in [3.63, 3.8) is 0 Å². The molecule has 0 bridgehead atoms. The molecular weight excluding hydrogens is 248 g/mol. The number of benzene rings is 1. The fraction of sp³-hybridized carbons (Fsp3) is 0.647. The Labute approximate surface area is 124 Å². The molecule has 0 saturated heterocycles. The highest BCUT2D eigenvalue weighted by atomic mass is 16.5. The first-order valence-electron chi connectivity index (χ1n) is 7.83. The van der Waals surface area contributed by atoms with Gasteiger partial charge >= 0.3 is 0 Å². The zero-order chi connectivity index (χ0) is 14.6. The van der Waals surface area contributed by atoms with E-state index in [1.807, 2.05) is 6.07 Å². The predicted octanol–water partition coefficient (Wildman–Crippen LogP) is 3.63. The first-order valence-corrected chi connectivity index (χ1v) is 7.83. The Morgan fingerprint density at radius 3 is 2.40 bits per heavy atom. The number of hydrogen-bond acceptors (Lipinski definition) is 3. The number of methoxy groups -OCH3 is 1. The zero-order valence-electron chi connectivity index (χ0n) is 13.3. The Hall–Kier alpha value is -1.06. The smallest absolute Gasteiger partial charge is 0.0589 e. The molecule has 0 aliphatic heterocycles. The summed E-state index contributed by atoms with van der Waals surface area (Å²) in [5.41, 5.74) is 1.21. The Morgan fingerprint density at radius 2 is 1.80 bits per heavy atom. The van der Waals surface area contributed by atoms with Crippen molar-refractivity contribution >= 4 is 5.69 Å². The van der Waals surface area contributed by atoms with Crippen molar-refractivity contribution in [2.75, 3.05) is 38.7 Å². The standard InChI is InChI=1S/C17H30N2O/c1-4-17(5-2)19(14-15-20-3)13-9-12-18-16-10-7-6-8-11-16/h6-8,10-11,17-18H,4-5,9,12-15H2,1-3H3. The largest absolute Gasteiger partial charge is 0.385 e. The van der Waals surface area contributed by atoms with Gasteiger partial charge in [0.15, 0.2) is 0 Å². The van der Waals surface area contributed by atoms with Gasteiger partial charge in [0, 0.05) is 38.5 Å². The van der Waals surface area contributed by atoms with Crippen LogP contribution < -0.4 is 5.32 Å². The summed E-state index contributed by atoms with van der Waals surface area (Å²) in [6.07, 6.45) is 3.59. The summed E-state index contributed by atoms with van der Waals surface area (Å²) < 4.78 is 5.23. The fourth-order valence-corrected chi connectivity index (χ4v) is 2.56. The third-order valence-electron chi connectivity index (χ3n) is 3.77. The van der Waals surface area contributed by atoms with Crippen molar-refractivity contribution in [1.82, 2.24) is 4.90 Å². The highest BCUT2D eigenvalue weighted by Gasteiger charge is 2.13. The number of nitrogens with zero attached hydrogens (tertiary/aromatic N) is 1. The highest BCUT2D eigenvalue weighted by molar-refractivity contribution is 5.42. The lowest BCUT2D eigenvalue weighted by Gasteiger charge is -2.30. The monoisotopic (exact) mass is 278 g/mol. The fourth-order valence-electron chi connectivity index (χ4n) is 2.56. The summed E-state index contributed by atoms with van der Waals surface area (Å²) in [6.45, 7) is 8.56. The van der Waals surface area contributed by atoms with E-state index in [0.717, 1.165) is 32.7 Å². The molecule has 1 aromatic carbocycles. The molecule has 3 nitrogen and oxygen atoms in total. The molecule has 1 N–H and O–H groups in total. The van der Waals surface area contributed by atoms with E-state index in [0.29, 0.717) is 6.04 Å². The van der Waals surface area contributed by atoms with E-state index in [-0.39, 0.29) is 0 Å². The maximum Gasteiger partial charge on any atom is 0.0589 e. The lowest BCUT2D eigenvalue weighted by molar-refractivity contribution is 0.115. The summed E-state index contributed by atoms with van der Waals surface area (Å²) in [6, 6.07) is 11.1. The number of para-hydroxylation sites is 1. The van der Waals surface area contributed by atoms with E-state index in [9.17, 15) is 0 Å². The quantitative estimate of drug-likeness (QED) is 0.626. The van der Waals surface area contributed by atoms with Gasteiger partial charge in [-0.1, -0.05) is 32.0 Å². The van der Waals surface area contributed by atoms with Gasteiger partial charge in [-0.15, -0.1) is 0 Å². The summed E-state index contributed by atoms with van der Waals surface area (Å²) in [4.78, 5) is 2.57. The first-order chi connectivity index (χ1) is 9.81. The van der Waals surface area contributed by atoms with Gasteiger partial charge in [0.1, 0.15) is 0 Å². The second kappa shape index (κ2) is 10.7. The molecule has 0 spiro atoms. The van der Waals surface area contributed by atoms with Crippen molar-refractivity contribution in [2.24, 2.45) is 0 Å². The van der Waals surface area contributed by atoms with Gasteiger partial charge in [-0.3, -0.25) is 4.90 Å². The summed E-state index contributed by atoms with van der Waals surface area (Å²) in [5, 5.41) is 3.47. The lowest BCUT2D eigenvalue weighted by Crippen LogP contribution is -2.38. The van der Waals surface area contributed by atoms with E-state index in [1.165, 1.54) is 18.5 Å². The molecule has 20 heavy (non-hydrogen) atoms. The normalized spacial score (nSPS) is 11.2. The minimum absolute atomic E-state index is 0.682. The molecule has 114 valence electrons. The van der Waals surface area contributed by atoms with Crippen LogP contribution in [0, 0.1) is 0 Å². The van der Waals surface area contributed by atoms with Crippen LogP contribution in [0.4, 0.5) is 5.69 Å². The second-order valence-electron chi connectivity index (χ2n) is 5.15. The minimum Gasteiger partial charge on any atom is -0.385 e. The van der Waals surface area contributed by atoms with Crippen molar-refractivity contribution < 1.29 is 4.74 Å². The molecule has 0 amide bonds. The van der Waals surface area contributed by atoms with Gasteiger partial charge in [0.05, 0.1) is 6.61 Å². The predicted molar refractivity (Wildman–Crippen MR) is 87.4 cm³/mol. The SMILES string of the molecule is CCC(CC)N(CCCNc1ccccc1)CCOC. The number of anilines is 1. The number of ether oxygens (including phenoxy) is 1. The van der Waals surface area contributed by atoms with Gasteiger partial charge in [0.25, 0.3) is 0 Å².